The van der Waals surface area contributed by atoms with Crippen LogP contribution in [0, 0.1) is 24.7 Å². The van der Waals surface area contributed by atoms with Crippen LogP contribution in [-0.4, -0.2) is 24.2 Å². The zero-order valence-corrected chi connectivity index (χ0v) is 18.2. The van der Waals surface area contributed by atoms with Crippen LogP contribution in [0.4, 0.5) is 0 Å². The molecule has 0 saturated heterocycles. The van der Waals surface area contributed by atoms with Crippen molar-refractivity contribution in [1.82, 2.24) is 5.32 Å². The van der Waals surface area contributed by atoms with Crippen molar-refractivity contribution in [2.24, 2.45) is 17.8 Å². The Morgan fingerprint density at radius 2 is 1.67 bits per heavy atom. The quantitative estimate of drug-likeness (QED) is 0.445. The Balaban J connectivity index is 2.38. The van der Waals surface area contributed by atoms with Crippen molar-refractivity contribution in [3.8, 4) is 0 Å². The lowest BCUT2D eigenvalue weighted by Crippen LogP contribution is -2.27. The minimum atomic E-state index is -0.104. The van der Waals surface area contributed by atoms with E-state index in [9.17, 15) is 4.79 Å². The van der Waals surface area contributed by atoms with Crippen LogP contribution < -0.4 is 5.32 Å². The smallest absolute Gasteiger partial charge is 0.251 e. The molecule has 0 saturated carbocycles. The predicted octanol–water partition coefficient (Wildman–Crippen LogP) is 5.53. The lowest BCUT2D eigenvalue weighted by atomic mass is 9.89. The van der Waals surface area contributed by atoms with Crippen LogP contribution in [0.25, 0.3) is 0 Å². The van der Waals surface area contributed by atoms with E-state index in [4.69, 9.17) is 5.11 Å². The maximum absolute atomic E-state index is 12.1. The average Bonchev–Trinajstić information content (AvgIpc) is 2.61. The first-order chi connectivity index (χ1) is 12.8. The van der Waals surface area contributed by atoms with E-state index in [0.717, 1.165) is 23.8 Å². The molecule has 0 fully saturated rings. The highest BCUT2D eigenvalue weighted by molar-refractivity contribution is 5.95. The fraction of sp³-hybridized carbons (Fsp3) is 0.708. The first-order valence-corrected chi connectivity index (χ1v) is 10.8. The first-order valence-electron chi connectivity index (χ1n) is 10.8. The lowest BCUT2D eigenvalue weighted by Gasteiger charge is -2.17. The molecule has 154 valence electrons. The summed E-state index contributed by atoms with van der Waals surface area (Å²) in [6.07, 6.45) is 9.10. The number of hydrogen-bond acceptors (Lipinski definition) is 2. The van der Waals surface area contributed by atoms with Gasteiger partial charge in [0.05, 0.1) is 6.61 Å². The third kappa shape index (κ3) is 9.95. The monoisotopic (exact) mass is 375 g/mol. The van der Waals surface area contributed by atoms with Crippen LogP contribution in [0.15, 0.2) is 18.2 Å². The van der Waals surface area contributed by atoms with E-state index in [2.05, 4.69) is 45.1 Å². The molecule has 2 atom stereocenters. The summed E-state index contributed by atoms with van der Waals surface area (Å²) in [5, 5.41) is 11.6. The van der Waals surface area contributed by atoms with Gasteiger partial charge in [-0.2, -0.15) is 0 Å². The normalized spacial score (nSPS) is 13.6. The second-order valence-electron chi connectivity index (χ2n) is 8.80. The number of hydrogen-bond donors (Lipinski definition) is 2. The number of carbonyl (C=O) groups excluding carboxylic acids is 1. The molecule has 2 N–H and O–H groups in total. The van der Waals surface area contributed by atoms with Crippen molar-refractivity contribution >= 4 is 5.91 Å². The molecular weight excluding hydrogens is 334 g/mol. The number of aryl methyl sites for hydroxylation is 1. The molecule has 3 nitrogen and oxygen atoms in total. The molecular formula is C24H41NO2. The van der Waals surface area contributed by atoms with Crippen molar-refractivity contribution in [1.29, 1.82) is 0 Å². The lowest BCUT2D eigenvalue weighted by molar-refractivity contribution is 0.0944. The Kier molecular flexibility index (Phi) is 11.3. The molecule has 2 unspecified atom stereocenters. The van der Waals surface area contributed by atoms with Gasteiger partial charge >= 0.3 is 0 Å². The Hall–Kier alpha value is -1.35. The van der Waals surface area contributed by atoms with Gasteiger partial charge in [0.2, 0.25) is 0 Å². The van der Waals surface area contributed by atoms with Crippen LogP contribution in [0.3, 0.4) is 0 Å². The Morgan fingerprint density at radius 1 is 1.00 bits per heavy atom. The molecule has 0 aromatic heterocycles. The summed E-state index contributed by atoms with van der Waals surface area (Å²) in [5.41, 5.74) is 3.02. The second kappa shape index (κ2) is 12.9. The van der Waals surface area contributed by atoms with Crippen molar-refractivity contribution < 1.29 is 9.90 Å². The number of unbranched alkanes of at least 4 members (excludes halogenated alkanes) is 1. The number of carbonyl (C=O) groups is 1. The van der Waals surface area contributed by atoms with Gasteiger partial charge in [-0.3, -0.25) is 4.79 Å². The number of nitrogens with one attached hydrogen (secondary N) is 1. The van der Waals surface area contributed by atoms with Crippen LogP contribution in [-0.2, 0) is 6.42 Å². The van der Waals surface area contributed by atoms with Gasteiger partial charge in [-0.15, -0.1) is 0 Å². The summed E-state index contributed by atoms with van der Waals surface area (Å²) < 4.78 is 0. The van der Waals surface area contributed by atoms with Crippen LogP contribution >= 0.6 is 0 Å². The molecule has 0 aliphatic rings. The number of benzene rings is 1. The summed E-state index contributed by atoms with van der Waals surface area (Å²) in [5.74, 6) is 2.21. The summed E-state index contributed by atoms with van der Waals surface area (Å²) >= 11 is 0. The van der Waals surface area contributed by atoms with E-state index in [1.807, 2.05) is 13.0 Å². The second-order valence-corrected chi connectivity index (χ2v) is 8.80. The maximum Gasteiger partial charge on any atom is 0.251 e. The fourth-order valence-electron chi connectivity index (χ4n) is 3.64. The highest BCUT2D eigenvalue weighted by Crippen LogP contribution is 2.22. The number of aliphatic hydroxyl groups excluding tert-OH is 1. The third-order valence-electron chi connectivity index (χ3n) is 5.40. The topological polar surface area (TPSA) is 49.3 Å². The van der Waals surface area contributed by atoms with Gasteiger partial charge in [0.15, 0.2) is 0 Å². The van der Waals surface area contributed by atoms with Gasteiger partial charge in [-0.1, -0.05) is 78.4 Å². The minimum absolute atomic E-state index is 0.0312. The highest BCUT2D eigenvalue weighted by Gasteiger charge is 2.11. The molecule has 3 heteroatoms. The van der Waals surface area contributed by atoms with E-state index in [-0.39, 0.29) is 12.5 Å². The van der Waals surface area contributed by atoms with Crippen LogP contribution in [0.2, 0.25) is 0 Å². The number of rotatable bonds is 13. The van der Waals surface area contributed by atoms with Gasteiger partial charge in [0, 0.05) is 12.1 Å². The van der Waals surface area contributed by atoms with Crippen LogP contribution in [0.5, 0.6) is 0 Å². The Morgan fingerprint density at radius 3 is 2.30 bits per heavy atom. The third-order valence-corrected chi connectivity index (χ3v) is 5.40. The van der Waals surface area contributed by atoms with E-state index in [0.29, 0.717) is 18.0 Å². The van der Waals surface area contributed by atoms with Crippen molar-refractivity contribution in [2.75, 3.05) is 13.2 Å². The SMILES string of the molecule is Cc1cc(CC(C)CCC(C)CCCCC(C)C)ccc1C(=O)NCCO. The van der Waals surface area contributed by atoms with E-state index >= 15 is 0 Å². The van der Waals surface area contributed by atoms with Gasteiger partial charge in [-0.25, -0.2) is 0 Å². The van der Waals surface area contributed by atoms with Crippen molar-refractivity contribution in [2.45, 2.75) is 79.6 Å². The fourth-order valence-corrected chi connectivity index (χ4v) is 3.64. The number of aliphatic hydroxyl groups is 1. The highest BCUT2D eigenvalue weighted by atomic mass is 16.3. The Labute approximate surface area is 167 Å². The van der Waals surface area contributed by atoms with Gasteiger partial charge < -0.3 is 10.4 Å². The Bertz CT molecular complexity index is 553. The molecule has 1 aromatic carbocycles. The molecule has 0 spiro atoms. The predicted molar refractivity (Wildman–Crippen MR) is 115 cm³/mol. The van der Waals surface area contributed by atoms with Gasteiger partial charge in [-0.05, 0) is 48.3 Å². The average molecular weight is 376 g/mol. The summed E-state index contributed by atoms with van der Waals surface area (Å²) in [4.78, 5) is 12.1. The molecule has 1 rings (SSSR count). The minimum Gasteiger partial charge on any atom is -0.395 e. The standard InChI is InChI=1S/C24H41NO2/c1-18(2)8-6-7-9-19(3)10-11-20(4)16-22-12-13-23(21(5)17-22)24(27)25-14-15-26/h12-13,17-20,26H,6-11,14-16H2,1-5H3,(H,25,27). The van der Waals surface area contributed by atoms with Gasteiger partial charge in [0.1, 0.15) is 0 Å². The number of amides is 1. The van der Waals surface area contributed by atoms with Crippen LogP contribution in [0.1, 0.15) is 87.7 Å². The summed E-state index contributed by atoms with van der Waals surface area (Å²) in [6, 6.07) is 6.13. The van der Waals surface area contributed by atoms with Gasteiger partial charge in [0.25, 0.3) is 5.91 Å². The largest absolute Gasteiger partial charge is 0.395 e. The maximum atomic E-state index is 12.1. The molecule has 0 radical (unpaired) electrons. The summed E-state index contributed by atoms with van der Waals surface area (Å²) in [7, 11) is 0. The van der Waals surface area contributed by atoms with E-state index in [1.165, 1.54) is 44.1 Å². The molecule has 27 heavy (non-hydrogen) atoms. The zero-order valence-electron chi connectivity index (χ0n) is 18.2. The molecule has 0 bridgehead atoms. The molecule has 1 amide bonds. The van der Waals surface area contributed by atoms with E-state index in [1.54, 1.807) is 0 Å². The molecule has 0 heterocycles. The van der Waals surface area contributed by atoms with Crippen molar-refractivity contribution in [3.63, 3.8) is 0 Å². The van der Waals surface area contributed by atoms with Crippen molar-refractivity contribution in [3.05, 3.63) is 34.9 Å². The summed E-state index contributed by atoms with van der Waals surface area (Å²) in [6.45, 7) is 11.6. The molecule has 1 aromatic rings. The molecule has 0 aliphatic heterocycles. The molecule has 0 aliphatic carbocycles. The first kappa shape index (κ1) is 23.7. The van der Waals surface area contributed by atoms with E-state index < -0.39 is 0 Å². The zero-order chi connectivity index (χ0) is 20.2.